The topological polar surface area (TPSA) is 22.1 Å². The zero-order valence-corrected chi connectivity index (χ0v) is 9.28. The second-order valence-corrected chi connectivity index (χ2v) is 3.83. The van der Waals surface area contributed by atoms with Crippen LogP contribution in [0.5, 0.6) is 5.88 Å². The van der Waals surface area contributed by atoms with Crippen molar-refractivity contribution in [3.05, 3.63) is 33.9 Å². The number of rotatable bonds is 1. The van der Waals surface area contributed by atoms with Crippen LogP contribution in [0.2, 0.25) is 0 Å². The third-order valence-electron chi connectivity index (χ3n) is 1.85. The van der Waals surface area contributed by atoms with Gasteiger partial charge >= 0.3 is 0 Å². The Labute approximate surface area is 90.1 Å². The second-order valence-electron chi connectivity index (χ2n) is 2.67. The Balaban J connectivity index is 2.74. The van der Waals surface area contributed by atoms with Crippen molar-refractivity contribution in [3.8, 4) is 5.88 Å². The summed E-state index contributed by atoms with van der Waals surface area (Å²) in [5.74, 6) is 0.664. The van der Waals surface area contributed by atoms with E-state index in [0.717, 1.165) is 14.5 Å². The molecule has 0 amide bonds. The fourth-order valence-corrected chi connectivity index (χ4v) is 1.85. The van der Waals surface area contributed by atoms with E-state index in [1.165, 1.54) is 0 Å². The molecule has 1 aromatic carbocycles. The van der Waals surface area contributed by atoms with Gasteiger partial charge in [0.25, 0.3) is 0 Å². The van der Waals surface area contributed by atoms with Crippen LogP contribution in [0, 0.1) is 3.57 Å². The Hall–Kier alpha value is -0.840. The maximum atomic E-state index is 5.06. The van der Waals surface area contributed by atoms with E-state index < -0.39 is 0 Å². The Morgan fingerprint density at radius 3 is 2.85 bits per heavy atom. The molecule has 0 saturated heterocycles. The fourth-order valence-electron chi connectivity index (χ4n) is 1.21. The summed E-state index contributed by atoms with van der Waals surface area (Å²) in [6, 6.07) is 10.00. The van der Waals surface area contributed by atoms with Gasteiger partial charge in [-0.15, -0.1) is 0 Å². The maximum absolute atomic E-state index is 5.06. The summed E-state index contributed by atoms with van der Waals surface area (Å²) in [7, 11) is 1.63. The predicted octanol–water partition coefficient (Wildman–Crippen LogP) is 2.85. The number of hydrogen-bond acceptors (Lipinski definition) is 2. The number of aromatic nitrogens is 1. The van der Waals surface area contributed by atoms with Gasteiger partial charge in [0.1, 0.15) is 0 Å². The van der Waals surface area contributed by atoms with Gasteiger partial charge in [-0.1, -0.05) is 12.1 Å². The molecule has 66 valence electrons. The number of hydrogen-bond donors (Lipinski definition) is 0. The molecule has 0 radical (unpaired) electrons. The summed E-state index contributed by atoms with van der Waals surface area (Å²) in [6.45, 7) is 0. The lowest BCUT2D eigenvalue weighted by molar-refractivity contribution is 0.399. The molecule has 13 heavy (non-hydrogen) atoms. The molecular formula is C10H8INO. The van der Waals surface area contributed by atoms with E-state index in [1.807, 2.05) is 30.3 Å². The second kappa shape index (κ2) is 3.49. The van der Waals surface area contributed by atoms with Crippen LogP contribution < -0.4 is 4.74 Å². The zero-order chi connectivity index (χ0) is 9.26. The monoisotopic (exact) mass is 285 g/mol. The number of pyridine rings is 1. The van der Waals surface area contributed by atoms with E-state index in [-0.39, 0.29) is 0 Å². The summed E-state index contributed by atoms with van der Waals surface area (Å²) in [5.41, 5.74) is 1.00. The summed E-state index contributed by atoms with van der Waals surface area (Å²) in [5, 5.41) is 1.15. The molecule has 0 spiro atoms. The first-order chi connectivity index (χ1) is 6.31. The molecule has 1 aromatic heterocycles. The number of methoxy groups -OCH3 is 1. The third kappa shape index (κ3) is 1.60. The van der Waals surface area contributed by atoms with Crippen LogP contribution in [-0.4, -0.2) is 12.1 Å². The maximum Gasteiger partial charge on any atom is 0.213 e. The standard InChI is InChI=1S/C10H8INO/c1-13-9-6-5-7-3-2-4-8(11)10(7)12-9/h2-6H,1H3. The molecule has 2 nitrogen and oxygen atoms in total. The van der Waals surface area contributed by atoms with Crippen LogP contribution in [0.3, 0.4) is 0 Å². The largest absolute Gasteiger partial charge is 0.481 e. The first kappa shape index (κ1) is 8.74. The van der Waals surface area contributed by atoms with Gasteiger partial charge in [0.2, 0.25) is 5.88 Å². The van der Waals surface area contributed by atoms with Crippen molar-refractivity contribution in [2.24, 2.45) is 0 Å². The van der Waals surface area contributed by atoms with Crippen molar-refractivity contribution in [1.82, 2.24) is 4.98 Å². The predicted molar refractivity (Wildman–Crippen MR) is 61.0 cm³/mol. The van der Waals surface area contributed by atoms with E-state index in [0.29, 0.717) is 5.88 Å². The van der Waals surface area contributed by atoms with Crippen LogP contribution in [0.1, 0.15) is 0 Å². The SMILES string of the molecule is COc1ccc2cccc(I)c2n1. The molecule has 2 aromatic rings. The van der Waals surface area contributed by atoms with Gasteiger partial charge in [0, 0.05) is 15.0 Å². The first-order valence-electron chi connectivity index (χ1n) is 3.90. The third-order valence-corrected chi connectivity index (χ3v) is 2.73. The Kier molecular flexibility index (Phi) is 2.35. The van der Waals surface area contributed by atoms with E-state index in [4.69, 9.17) is 4.74 Å². The number of nitrogens with zero attached hydrogens (tertiary/aromatic N) is 1. The quantitative estimate of drug-likeness (QED) is 0.752. The average Bonchev–Trinajstić information content (AvgIpc) is 2.18. The number of para-hydroxylation sites is 1. The van der Waals surface area contributed by atoms with E-state index in [2.05, 4.69) is 27.6 Å². The minimum atomic E-state index is 0.664. The van der Waals surface area contributed by atoms with Crippen LogP contribution in [-0.2, 0) is 0 Å². The Bertz CT molecular complexity index is 442. The van der Waals surface area contributed by atoms with Gasteiger partial charge in [-0.25, -0.2) is 4.98 Å². The highest BCUT2D eigenvalue weighted by atomic mass is 127. The molecule has 0 fully saturated rings. The normalized spacial score (nSPS) is 10.3. The van der Waals surface area contributed by atoms with E-state index in [1.54, 1.807) is 7.11 Å². The lowest BCUT2D eigenvalue weighted by atomic mass is 10.2. The minimum absolute atomic E-state index is 0.664. The van der Waals surface area contributed by atoms with Gasteiger partial charge in [0.15, 0.2) is 0 Å². The van der Waals surface area contributed by atoms with Gasteiger partial charge in [-0.05, 0) is 34.7 Å². The smallest absolute Gasteiger partial charge is 0.213 e. The molecule has 0 aliphatic carbocycles. The van der Waals surface area contributed by atoms with E-state index in [9.17, 15) is 0 Å². The summed E-state index contributed by atoms with van der Waals surface area (Å²) >= 11 is 2.27. The molecule has 0 N–H and O–H groups in total. The van der Waals surface area contributed by atoms with Gasteiger partial charge in [-0.3, -0.25) is 0 Å². The van der Waals surface area contributed by atoms with Crippen LogP contribution >= 0.6 is 22.6 Å². The zero-order valence-electron chi connectivity index (χ0n) is 7.12. The lowest BCUT2D eigenvalue weighted by Gasteiger charge is -2.02. The molecule has 1 heterocycles. The summed E-state index contributed by atoms with van der Waals surface area (Å²) < 4.78 is 6.21. The van der Waals surface area contributed by atoms with Crippen molar-refractivity contribution in [1.29, 1.82) is 0 Å². The number of fused-ring (bicyclic) bond motifs is 1. The van der Waals surface area contributed by atoms with Gasteiger partial charge in [0.05, 0.1) is 12.6 Å². The highest BCUT2D eigenvalue weighted by Crippen LogP contribution is 2.20. The lowest BCUT2D eigenvalue weighted by Crippen LogP contribution is -1.88. The number of benzene rings is 1. The van der Waals surface area contributed by atoms with Crippen molar-refractivity contribution >= 4 is 33.5 Å². The Morgan fingerprint density at radius 1 is 1.23 bits per heavy atom. The first-order valence-corrected chi connectivity index (χ1v) is 4.98. The van der Waals surface area contributed by atoms with Crippen LogP contribution in [0.15, 0.2) is 30.3 Å². The van der Waals surface area contributed by atoms with Crippen molar-refractivity contribution in [3.63, 3.8) is 0 Å². The minimum Gasteiger partial charge on any atom is -0.481 e. The molecule has 3 heteroatoms. The van der Waals surface area contributed by atoms with Crippen molar-refractivity contribution in [2.75, 3.05) is 7.11 Å². The highest BCUT2D eigenvalue weighted by molar-refractivity contribution is 14.1. The molecule has 0 aliphatic rings. The number of halogens is 1. The molecule has 0 atom stereocenters. The van der Waals surface area contributed by atoms with Gasteiger partial charge < -0.3 is 4.74 Å². The molecule has 2 rings (SSSR count). The van der Waals surface area contributed by atoms with E-state index >= 15 is 0 Å². The fraction of sp³-hybridized carbons (Fsp3) is 0.100. The molecular weight excluding hydrogens is 277 g/mol. The van der Waals surface area contributed by atoms with Crippen molar-refractivity contribution in [2.45, 2.75) is 0 Å². The molecule has 0 aliphatic heterocycles. The molecule has 0 bridgehead atoms. The number of ether oxygens (including phenoxy) is 1. The Morgan fingerprint density at radius 2 is 2.08 bits per heavy atom. The van der Waals surface area contributed by atoms with Crippen molar-refractivity contribution < 1.29 is 4.74 Å². The highest BCUT2D eigenvalue weighted by Gasteiger charge is 2.00. The van der Waals surface area contributed by atoms with Crippen LogP contribution in [0.25, 0.3) is 10.9 Å². The molecule has 0 unspecified atom stereocenters. The molecule has 0 saturated carbocycles. The summed E-state index contributed by atoms with van der Waals surface area (Å²) in [4.78, 5) is 4.36. The summed E-state index contributed by atoms with van der Waals surface area (Å²) in [6.07, 6.45) is 0. The van der Waals surface area contributed by atoms with Crippen LogP contribution in [0.4, 0.5) is 0 Å². The van der Waals surface area contributed by atoms with Gasteiger partial charge in [-0.2, -0.15) is 0 Å². The average molecular weight is 285 g/mol.